The molecule has 0 aromatic heterocycles. The van der Waals surface area contributed by atoms with Crippen LogP contribution in [0.5, 0.6) is 0 Å². The van der Waals surface area contributed by atoms with E-state index in [1.54, 1.807) is 14.2 Å². The van der Waals surface area contributed by atoms with E-state index in [9.17, 15) is 0 Å². The molecular weight excluding hydrogens is 290 g/mol. The summed E-state index contributed by atoms with van der Waals surface area (Å²) in [4.78, 5) is 4.88. The third-order valence-electron chi connectivity index (χ3n) is 5.59. The first kappa shape index (κ1) is 18.5. The SMILES string of the molecule is CCNC(=NCC1(CCOC)CCC1)NCC1(CCOC)CC1. The molecule has 23 heavy (non-hydrogen) atoms. The highest BCUT2D eigenvalue weighted by molar-refractivity contribution is 5.79. The summed E-state index contributed by atoms with van der Waals surface area (Å²) in [5, 5.41) is 6.95. The standard InChI is InChI=1S/C18H35N3O2/c1-4-19-16(21-15-18(8-9-18)11-13-23-3)20-14-17(6-5-7-17)10-12-22-2/h4-15H2,1-3H3,(H2,19,20,21). The number of nitrogens with one attached hydrogen (secondary N) is 2. The molecule has 0 heterocycles. The van der Waals surface area contributed by atoms with Crippen LogP contribution < -0.4 is 10.6 Å². The Morgan fingerprint density at radius 3 is 2.09 bits per heavy atom. The zero-order valence-corrected chi connectivity index (χ0v) is 15.2. The molecule has 0 amide bonds. The van der Waals surface area contributed by atoms with Crippen LogP contribution in [-0.2, 0) is 9.47 Å². The van der Waals surface area contributed by atoms with Gasteiger partial charge in [0.25, 0.3) is 0 Å². The minimum atomic E-state index is 0.381. The van der Waals surface area contributed by atoms with Crippen molar-refractivity contribution < 1.29 is 9.47 Å². The van der Waals surface area contributed by atoms with E-state index in [-0.39, 0.29) is 0 Å². The lowest BCUT2D eigenvalue weighted by molar-refractivity contribution is 0.0778. The van der Waals surface area contributed by atoms with Crippen LogP contribution in [-0.4, -0.2) is 53.0 Å². The summed E-state index contributed by atoms with van der Waals surface area (Å²) in [6, 6.07) is 0. The van der Waals surface area contributed by atoms with Crippen molar-refractivity contribution in [2.45, 2.75) is 51.9 Å². The molecule has 2 aliphatic rings. The van der Waals surface area contributed by atoms with Crippen LogP contribution in [0.4, 0.5) is 0 Å². The Bertz CT molecular complexity index is 376. The van der Waals surface area contributed by atoms with E-state index in [0.29, 0.717) is 10.8 Å². The minimum absolute atomic E-state index is 0.381. The molecule has 0 aromatic rings. The van der Waals surface area contributed by atoms with Crippen LogP contribution in [0.3, 0.4) is 0 Å². The molecule has 0 aliphatic heterocycles. The number of hydrogen-bond donors (Lipinski definition) is 2. The lowest BCUT2D eigenvalue weighted by atomic mass is 9.67. The van der Waals surface area contributed by atoms with Gasteiger partial charge in [-0.3, -0.25) is 4.99 Å². The second-order valence-corrected chi connectivity index (χ2v) is 7.39. The van der Waals surface area contributed by atoms with Gasteiger partial charge in [0.1, 0.15) is 0 Å². The maximum absolute atomic E-state index is 5.27. The van der Waals surface area contributed by atoms with E-state index in [0.717, 1.165) is 51.6 Å². The smallest absolute Gasteiger partial charge is 0.191 e. The highest BCUT2D eigenvalue weighted by Crippen LogP contribution is 2.48. The molecule has 2 saturated carbocycles. The van der Waals surface area contributed by atoms with E-state index in [2.05, 4.69) is 17.6 Å². The van der Waals surface area contributed by atoms with Gasteiger partial charge in [0.15, 0.2) is 5.96 Å². The summed E-state index contributed by atoms with van der Waals surface area (Å²) in [6.07, 6.45) is 8.80. The van der Waals surface area contributed by atoms with Gasteiger partial charge >= 0.3 is 0 Å². The molecule has 2 aliphatic carbocycles. The Hall–Kier alpha value is -0.810. The quantitative estimate of drug-likeness (QED) is 0.453. The maximum atomic E-state index is 5.27. The first-order valence-corrected chi connectivity index (χ1v) is 9.18. The largest absolute Gasteiger partial charge is 0.385 e. The van der Waals surface area contributed by atoms with Crippen LogP contribution in [0.1, 0.15) is 51.9 Å². The molecule has 0 radical (unpaired) electrons. The van der Waals surface area contributed by atoms with Gasteiger partial charge in [-0.15, -0.1) is 0 Å². The van der Waals surface area contributed by atoms with Gasteiger partial charge in [-0.1, -0.05) is 6.42 Å². The molecule has 0 atom stereocenters. The van der Waals surface area contributed by atoms with Crippen LogP contribution in [0, 0.1) is 10.8 Å². The average molecular weight is 325 g/mol. The predicted octanol–water partition coefficient (Wildman–Crippen LogP) is 2.57. The van der Waals surface area contributed by atoms with Crippen LogP contribution in [0.2, 0.25) is 0 Å². The first-order chi connectivity index (χ1) is 11.2. The van der Waals surface area contributed by atoms with Crippen molar-refractivity contribution in [3.05, 3.63) is 0 Å². The summed E-state index contributed by atoms with van der Waals surface area (Å²) < 4.78 is 10.5. The highest BCUT2D eigenvalue weighted by atomic mass is 16.5. The van der Waals surface area contributed by atoms with Crippen molar-refractivity contribution in [3.8, 4) is 0 Å². The summed E-state index contributed by atoms with van der Waals surface area (Å²) in [5.74, 6) is 0.972. The Labute approximate surface area is 141 Å². The topological polar surface area (TPSA) is 54.9 Å². The maximum Gasteiger partial charge on any atom is 0.191 e. The molecule has 0 aromatic carbocycles. The van der Waals surface area contributed by atoms with Crippen molar-refractivity contribution in [1.82, 2.24) is 10.6 Å². The Morgan fingerprint density at radius 2 is 1.61 bits per heavy atom. The molecule has 0 bridgehead atoms. The van der Waals surface area contributed by atoms with Crippen molar-refractivity contribution in [2.24, 2.45) is 15.8 Å². The lowest BCUT2D eigenvalue weighted by Crippen LogP contribution is -2.42. The number of ether oxygens (including phenoxy) is 2. The fourth-order valence-electron chi connectivity index (χ4n) is 3.35. The normalized spacial score (nSPS) is 21.6. The summed E-state index contributed by atoms with van der Waals surface area (Å²) >= 11 is 0. The third kappa shape index (κ3) is 5.64. The molecule has 0 spiro atoms. The molecule has 2 rings (SSSR count). The van der Waals surface area contributed by atoms with Gasteiger partial charge < -0.3 is 20.1 Å². The number of rotatable bonds is 11. The number of methoxy groups -OCH3 is 2. The molecule has 2 N–H and O–H groups in total. The highest BCUT2D eigenvalue weighted by Gasteiger charge is 2.42. The molecule has 0 saturated heterocycles. The number of aliphatic imine (C=N–C) groups is 1. The van der Waals surface area contributed by atoms with E-state index in [1.165, 1.54) is 32.1 Å². The van der Waals surface area contributed by atoms with Gasteiger partial charge in [-0.05, 0) is 56.3 Å². The fraction of sp³-hybridized carbons (Fsp3) is 0.944. The molecule has 0 unspecified atom stereocenters. The summed E-state index contributed by atoms with van der Waals surface area (Å²) in [6.45, 7) is 6.65. The van der Waals surface area contributed by atoms with Gasteiger partial charge in [0, 0.05) is 47.1 Å². The second kappa shape index (κ2) is 8.88. The fourth-order valence-corrected chi connectivity index (χ4v) is 3.35. The molecule has 5 heteroatoms. The monoisotopic (exact) mass is 325 g/mol. The Balaban J connectivity index is 1.82. The van der Waals surface area contributed by atoms with Gasteiger partial charge in [-0.2, -0.15) is 0 Å². The third-order valence-corrected chi connectivity index (χ3v) is 5.59. The molecular formula is C18H35N3O2. The zero-order chi connectivity index (χ0) is 16.6. The molecule has 2 fully saturated rings. The number of hydrogen-bond acceptors (Lipinski definition) is 3. The molecule has 134 valence electrons. The van der Waals surface area contributed by atoms with E-state index < -0.39 is 0 Å². The number of guanidine groups is 1. The van der Waals surface area contributed by atoms with Crippen LogP contribution >= 0.6 is 0 Å². The van der Waals surface area contributed by atoms with Gasteiger partial charge in [-0.25, -0.2) is 0 Å². The van der Waals surface area contributed by atoms with Gasteiger partial charge in [0.2, 0.25) is 0 Å². The van der Waals surface area contributed by atoms with Gasteiger partial charge in [0.05, 0.1) is 0 Å². The number of nitrogens with zero attached hydrogens (tertiary/aromatic N) is 1. The minimum Gasteiger partial charge on any atom is -0.385 e. The summed E-state index contributed by atoms with van der Waals surface area (Å²) in [7, 11) is 3.57. The van der Waals surface area contributed by atoms with Crippen LogP contribution in [0.15, 0.2) is 4.99 Å². The second-order valence-electron chi connectivity index (χ2n) is 7.39. The van der Waals surface area contributed by atoms with E-state index >= 15 is 0 Å². The predicted molar refractivity (Wildman–Crippen MR) is 94.9 cm³/mol. The van der Waals surface area contributed by atoms with E-state index in [1.807, 2.05) is 0 Å². The van der Waals surface area contributed by atoms with Crippen molar-refractivity contribution in [2.75, 3.05) is 47.1 Å². The van der Waals surface area contributed by atoms with Crippen molar-refractivity contribution in [3.63, 3.8) is 0 Å². The van der Waals surface area contributed by atoms with E-state index in [4.69, 9.17) is 14.5 Å². The Morgan fingerprint density at radius 1 is 0.957 bits per heavy atom. The van der Waals surface area contributed by atoms with Crippen molar-refractivity contribution >= 4 is 5.96 Å². The van der Waals surface area contributed by atoms with Crippen molar-refractivity contribution in [1.29, 1.82) is 0 Å². The first-order valence-electron chi connectivity index (χ1n) is 9.18. The van der Waals surface area contributed by atoms with Crippen LogP contribution in [0.25, 0.3) is 0 Å². The zero-order valence-electron chi connectivity index (χ0n) is 15.2. The molecule has 5 nitrogen and oxygen atoms in total. The average Bonchev–Trinajstić information content (AvgIpc) is 3.29. The summed E-state index contributed by atoms with van der Waals surface area (Å²) in [5.41, 5.74) is 0.822. The Kier molecular flexibility index (Phi) is 7.15. The lowest BCUT2D eigenvalue weighted by Gasteiger charge is -2.40.